The number of rotatable bonds is 6. The Balaban J connectivity index is 1.74. The molecule has 0 unspecified atom stereocenters. The number of hydrogen-bond donors (Lipinski definition) is 1. The summed E-state index contributed by atoms with van der Waals surface area (Å²) in [4.78, 5) is 13.0. The van der Waals surface area contributed by atoms with Gasteiger partial charge in [-0.3, -0.25) is 4.79 Å². The Bertz CT molecular complexity index is 990. The first kappa shape index (κ1) is 26.1. The number of aliphatic carboxylic acids is 1. The van der Waals surface area contributed by atoms with Gasteiger partial charge in [-0.1, -0.05) is 56.0 Å². The molecule has 7 atom stereocenters. The highest BCUT2D eigenvalue weighted by atomic mass is 28.3. The quantitative estimate of drug-likeness (QED) is 0.198. The van der Waals surface area contributed by atoms with Crippen LogP contribution in [-0.4, -0.2) is 52.4 Å². The Hall–Kier alpha value is -1.95. The molecule has 0 radical (unpaired) electrons. The Morgan fingerprint density at radius 3 is 2.63 bits per heavy atom. The molecule has 1 N–H and O–H groups in total. The molecule has 0 aromatic heterocycles. The zero-order valence-electron chi connectivity index (χ0n) is 21.5. The van der Waals surface area contributed by atoms with E-state index in [1.54, 1.807) is 7.11 Å². The minimum absolute atomic E-state index is 0.0453. The largest absolute Gasteiger partial charge is 0.481 e. The van der Waals surface area contributed by atoms with Crippen LogP contribution < -0.4 is 0 Å². The molecule has 6 nitrogen and oxygen atoms in total. The van der Waals surface area contributed by atoms with Crippen molar-refractivity contribution in [2.45, 2.75) is 51.8 Å². The molecule has 2 fully saturated rings. The van der Waals surface area contributed by atoms with Gasteiger partial charge < -0.3 is 24.1 Å². The number of hydrogen-bond acceptors (Lipinski definition) is 5. The van der Waals surface area contributed by atoms with Crippen molar-refractivity contribution in [3.8, 4) is 11.5 Å². The highest BCUT2D eigenvalue weighted by Gasteiger charge is 2.58. The van der Waals surface area contributed by atoms with Crippen LogP contribution in [0.3, 0.4) is 0 Å². The Morgan fingerprint density at radius 2 is 1.97 bits per heavy atom. The number of carboxylic acid groups (broad SMARTS) is 1. The standard InChI is InChI=1S/C28H38O6Si/c1-28(27(29)30)23(13-14-35(3,4)5)21(16-32-18-31-2)15-22-24(28)12-11-20-17-33-26(34-25(20)22)19-9-7-6-8-10-19/h6-10,15,20,22-26H,11-12,16-18H2,1-5H3,(H,29,30)/t20-,22-,23+,24+,25-,26-,28+/m1/s1. The van der Waals surface area contributed by atoms with Crippen LogP contribution in [0.1, 0.15) is 31.6 Å². The molecule has 1 aromatic rings. The third-order valence-corrected chi connectivity index (χ3v) is 8.54. The average Bonchev–Trinajstić information content (AvgIpc) is 2.83. The molecule has 3 aliphatic rings. The molecule has 7 heteroatoms. The van der Waals surface area contributed by atoms with Crippen molar-refractivity contribution >= 4 is 14.0 Å². The molecule has 1 saturated heterocycles. The lowest BCUT2D eigenvalue weighted by molar-refractivity contribution is -0.268. The topological polar surface area (TPSA) is 74.2 Å². The molecule has 1 heterocycles. The molecule has 1 aromatic carbocycles. The third kappa shape index (κ3) is 5.42. The van der Waals surface area contributed by atoms with E-state index in [-0.39, 0.29) is 30.7 Å². The van der Waals surface area contributed by atoms with Gasteiger partial charge in [0.05, 0.1) is 30.7 Å². The first-order valence-electron chi connectivity index (χ1n) is 12.5. The van der Waals surface area contributed by atoms with Gasteiger partial charge in [0.2, 0.25) is 0 Å². The van der Waals surface area contributed by atoms with E-state index in [1.165, 1.54) is 0 Å². The van der Waals surface area contributed by atoms with Crippen molar-refractivity contribution < 1.29 is 28.8 Å². The molecule has 0 spiro atoms. The fourth-order valence-electron chi connectivity index (χ4n) is 5.89. The number of carboxylic acids is 1. The predicted octanol–water partition coefficient (Wildman–Crippen LogP) is 4.89. The smallest absolute Gasteiger partial charge is 0.311 e. The van der Waals surface area contributed by atoms with E-state index in [2.05, 4.69) is 37.2 Å². The molecule has 1 saturated carbocycles. The van der Waals surface area contributed by atoms with Gasteiger partial charge in [-0.15, -0.1) is 11.5 Å². The van der Waals surface area contributed by atoms with Crippen LogP contribution in [0.25, 0.3) is 0 Å². The van der Waals surface area contributed by atoms with E-state index in [9.17, 15) is 9.90 Å². The van der Waals surface area contributed by atoms with Crippen LogP contribution in [0.5, 0.6) is 0 Å². The summed E-state index contributed by atoms with van der Waals surface area (Å²) in [5.74, 6) is 2.32. The van der Waals surface area contributed by atoms with Gasteiger partial charge in [0.25, 0.3) is 0 Å². The fourth-order valence-corrected chi connectivity index (χ4v) is 6.47. The van der Waals surface area contributed by atoms with Crippen molar-refractivity contribution in [1.29, 1.82) is 0 Å². The molecule has 4 rings (SSSR count). The van der Waals surface area contributed by atoms with Crippen molar-refractivity contribution in [3.05, 3.63) is 47.5 Å². The number of methoxy groups -OCH3 is 1. The molecule has 190 valence electrons. The molecular weight excluding hydrogens is 460 g/mol. The molecule has 0 bridgehead atoms. The summed E-state index contributed by atoms with van der Waals surface area (Å²) in [6.45, 7) is 9.47. The van der Waals surface area contributed by atoms with E-state index < -0.39 is 31.7 Å². The predicted molar refractivity (Wildman–Crippen MR) is 136 cm³/mol. The summed E-state index contributed by atoms with van der Waals surface area (Å²) in [6.07, 6.45) is 3.35. The molecular formula is C28H38O6Si. The lowest BCUT2D eigenvalue weighted by Gasteiger charge is -2.54. The summed E-state index contributed by atoms with van der Waals surface area (Å²) in [5, 5.41) is 10.6. The number of ether oxygens (including phenoxy) is 4. The molecule has 35 heavy (non-hydrogen) atoms. The van der Waals surface area contributed by atoms with Crippen LogP contribution in [0.4, 0.5) is 0 Å². The first-order chi connectivity index (χ1) is 16.6. The van der Waals surface area contributed by atoms with Crippen molar-refractivity contribution in [2.75, 3.05) is 27.1 Å². The zero-order valence-corrected chi connectivity index (χ0v) is 22.5. The number of fused-ring (bicyclic) bond motifs is 3. The summed E-state index contributed by atoms with van der Waals surface area (Å²) in [6, 6.07) is 9.95. The van der Waals surface area contributed by atoms with E-state index in [0.29, 0.717) is 13.2 Å². The maximum Gasteiger partial charge on any atom is 0.311 e. The molecule has 1 aliphatic heterocycles. The summed E-state index contributed by atoms with van der Waals surface area (Å²) >= 11 is 0. The van der Waals surface area contributed by atoms with Gasteiger partial charge >= 0.3 is 5.97 Å². The third-order valence-electron chi connectivity index (χ3n) is 7.64. The zero-order chi connectivity index (χ0) is 25.2. The Morgan fingerprint density at radius 1 is 1.23 bits per heavy atom. The van der Waals surface area contributed by atoms with Crippen LogP contribution in [0, 0.1) is 40.6 Å². The second-order valence-corrected chi connectivity index (χ2v) is 16.0. The molecule has 2 aliphatic carbocycles. The monoisotopic (exact) mass is 498 g/mol. The van der Waals surface area contributed by atoms with Crippen molar-refractivity contribution in [1.82, 2.24) is 0 Å². The minimum Gasteiger partial charge on any atom is -0.481 e. The second-order valence-electron chi connectivity index (χ2n) is 11.2. The average molecular weight is 499 g/mol. The highest BCUT2D eigenvalue weighted by molar-refractivity contribution is 6.83. The SMILES string of the molecule is COCOCC1=C[C@H]2[C@@H]3O[C@H](c4ccccc4)OC[C@H]3CC[C@@H]2[C@@](C)(C(=O)O)[C@H]1C#C[Si](C)(C)C. The normalized spacial score (nSPS) is 34.6. The lowest BCUT2D eigenvalue weighted by atomic mass is 9.52. The summed E-state index contributed by atoms with van der Waals surface area (Å²) < 4.78 is 23.5. The summed E-state index contributed by atoms with van der Waals surface area (Å²) in [5.41, 5.74) is 4.32. The Kier molecular flexibility index (Phi) is 7.89. The van der Waals surface area contributed by atoms with Gasteiger partial charge in [0, 0.05) is 24.5 Å². The van der Waals surface area contributed by atoms with Crippen LogP contribution in [0.15, 0.2) is 42.0 Å². The Labute approximate surface area is 210 Å². The first-order valence-corrected chi connectivity index (χ1v) is 16.0. The highest BCUT2D eigenvalue weighted by Crippen LogP contribution is 2.56. The van der Waals surface area contributed by atoms with E-state index in [1.807, 2.05) is 37.3 Å². The minimum atomic E-state index is -1.71. The number of carbonyl (C=O) groups is 1. The summed E-state index contributed by atoms with van der Waals surface area (Å²) in [7, 11) is -0.129. The van der Waals surface area contributed by atoms with Gasteiger partial charge in [0.15, 0.2) is 6.29 Å². The van der Waals surface area contributed by atoms with Crippen molar-refractivity contribution in [2.24, 2.45) is 29.1 Å². The van der Waals surface area contributed by atoms with E-state index in [0.717, 1.165) is 24.0 Å². The lowest BCUT2D eigenvalue weighted by Crippen LogP contribution is -2.56. The van der Waals surface area contributed by atoms with E-state index in [4.69, 9.17) is 18.9 Å². The van der Waals surface area contributed by atoms with Crippen LogP contribution >= 0.6 is 0 Å². The van der Waals surface area contributed by atoms with E-state index >= 15 is 0 Å². The fraction of sp³-hybridized carbons (Fsp3) is 0.607. The van der Waals surface area contributed by atoms with Gasteiger partial charge in [0.1, 0.15) is 14.9 Å². The maximum atomic E-state index is 13.0. The van der Waals surface area contributed by atoms with Gasteiger partial charge in [-0.05, 0) is 31.3 Å². The van der Waals surface area contributed by atoms with Crippen LogP contribution in [0.2, 0.25) is 19.6 Å². The van der Waals surface area contributed by atoms with Gasteiger partial charge in [-0.25, -0.2) is 0 Å². The van der Waals surface area contributed by atoms with Crippen molar-refractivity contribution in [3.63, 3.8) is 0 Å². The van der Waals surface area contributed by atoms with Gasteiger partial charge in [-0.2, -0.15) is 0 Å². The number of benzene rings is 1. The van der Waals surface area contributed by atoms with Crippen LogP contribution in [-0.2, 0) is 23.7 Å². The maximum absolute atomic E-state index is 13.0. The molecule has 0 amide bonds. The second kappa shape index (κ2) is 10.6.